The predicted molar refractivity (Wildman–Crippen MR) is 69.3 cm³/mol. The van der Waals surface area contributed by atoms with E-state index in [1.54, 1.807) is 11.1 Å². The number of halogens is 1. The van der Waals surface area contributed by atoms with Crippen LogP contribution in [0.4, 0.5) is 0 Å². The van der Waals surface area contributed by atoms with Crippen molar-refractivity contribution in [3.05, 3.63) is 35.4 Å². The molecular weight excluding hydrogens is 305 g/mol. The Kier molecular flexibility index (Phi) is 2.50. The van der Waals surface area contributed by atoms with Crippen molar-refractivity contribution < 1.29 is 0 Å². The van der Waals surface area contributed by atoms with Gasteiger partial charge in [0.2, 0.25) is 0 Å². The lowest BCUT2D eigenvalue weighted by Crippen LogP contribution is -2.14. The summed E-state index contributed by atoms with van der Waals surface area (Å²) in [7, 11) is 1.88. The molecule has 14 heavy (non-hydrogen) atoms. The first kappa shape index (κ1) is 9.48. The fourth-order valence-corrected chi connectivity index (χ4v) is 4.62. The van der Waals surface area contributed by atoms with E-state index in [1.165, 1.54) is 19.4 Å². The SMILES string of the molecule is ISN1CC2Cc3ccccc3C1C2. The minimum Gasteiger partial charge on any atom is -0.234 e. The average molecular weight is 317 g/mol. The van der Waals surface area contributed by atoms with E-state index in [1.807, 2.05) is 9.12 Å². The standard InChI is InChI=1S/C11H12INS/c12-14-13-7-8-5-9-3-1-2-4-10(9)11(13)6-8/h1-4,8,11H,5-7H2. The van der Waals surface area contributed by atoms with Crippen LogP contribution < -0.4 is 0 Å². The minimum absolute atomic E-state index is 0.687. The van der Waals surface area contributed by atoms with Crippen molar-refractivity contribution in [2.24, 2.45) is 5.92 Å². The Labute approximate surface area is 101 Å². The van der Waals surface area contributed by atoms with Gasteiger partial charge in [-0.1, -0.05) is 24.3 Å². The Bertz CT molecular complexity index is 355. The number of rotatable bonds is 1. The molecule has 2 aliphatic rings. The highest BCUT2D eigenvalue weighted by Gasteiger charge is 2.38. The number of benzene rings is 1. The molecule has 0 radical (unpaired) electrons. The highest BCUT2D eigenvalue weighted by molar-refractivity contribution is 14.2. The van der Waals surface area contributed by atoms with Crippen molar-refractivity contribution >= 4 is 30.3 Å². The molecule has 2 bridgehead atoms. The Balaban J connectivity index is 2.04. The Hall–Kier alpha value is 0.260. The van der Waals surface area contributed by atoms with E-state index >= 15 is 0 Å². The molecule has 0 amide bonds. The fraction of sp³-hybridized carbons (Fsp3) is 0.455. The summed E-state index contributed by atoms with van der Waals surface area (Å²) < 4.78 is 2.54. The van der Waals surface area contributed by atoms with Gasteiger partial charge in [-0.3, -0.25) is 0 Å². The molecule has 2 atom stereocenters. The van der Waals surface area contributed by atoms with Crippen molar-refractivity contribution in [2.45, 2.75) is 18.9 Å². The summed E-state index contributed by atoms with van der Waals surface area (Å²) in [5.41, 5.74) is 3.16. The maximum absolute atomic E-state index is 2.54. The quantitative estimate of drug-likeness (QED) is 0.575. The number of nitrogens with zero attached hydrogens (tertiary/aromatic N) is 1. The zero-order valence-corrected chi connectivity index (χ0v) is 10.8. The molecule has 0 spiro atoms. The van der Waals surface area contributed by atoms with E-state index in [4.69, 9.17) is 0 Å². The summed E-state index contributed by atoms with van der Waals surface area (Å²) in [6.07, 6.45) is 2.66. The first-order valence-corrected chi connectivity index (χ1v) is 8.33. The van der Waals surface area contributed by atoms with Crippen molar-refractivity contribution in [1.29, 1.82) is 0 Å². The molecule has 1 aromatic rings. The van der Waals surface area contributed by atoms with Gasteiger partial charge in [0.25, 0.3) is 0 Å². The van der Waals surface area contributed by atoms with E-state index in [9.17, 15) is 0 Å². The van der Waals surface area contributed by atoms with Crippen LogP contribution in [-0.4, -0.2) is 10.8 Å². The van der Waals surface area contributed by atoms with Gasteiger partial charge in [0, 0.05) is 33.8 Å². The van der Waals surface area contributed by atoms with Gasteiger partial charge in [-0.2, -0.15) is 0 Å². The average Bonchev–Trinajstić information content (AvgIpc) is 2.56. The molecule has 3 heteroatoms. The lowest BCUT2D eigenvalue weighted by atomic mass is 9.84. The second-order valence-corrected chi connectivity index (χ2v) is 5.98. The fourth-order valence-electron chi connectivity index (χ4n) is 2.75. The Morgan fingerprint density at radius 3 is 3.07 bits per heavy atom. The normalized spacial score (nSPS) is 30.4. The zero-order valence-electron chi connectivity index (χ0n) is 7.82. The Morgan fingerprint density at radius 1 is 1.36 bits per heavy atom. The number of hydrogen-bond acceptors (Lipinski definition) is 2. The summed E-state index contributed by atoms with van der Waals surface area (Å²) in [5, 5.41) is 0. The highest BCUT2D eigenvalue weighted by atomic mass is 127. The molecule has 2 unspecified atom stereocenters. The van der Waals surface area contributed by atoms with E-state index in [0.717, 1.165) is 5.92 Å². The highest BCUT2D eigenvalue weighted by Crippen LogP contribution is 2.47. The predicted octanol–water partition coefficient (Wildman–Crippen LogP) is 3.60. The van der Waals surface area contributed by atoms with Crippen LogP contribution in [0, 0.1) is 5.92 Å². The van der Waals surface area contributed by atoms with Gasteiger partial charge in [0.1, 0.15) is 0 Å². The van der Waals surface area contributed by atoms with Gasteiger partial charge in [-0.25, -0.2) is 4.31 Å². The van der Waals surface area contributed by atoms with E-state index < -0.39 is 0 Å². The molecule has 1 aromatic carbocycles. The first-order chi connectivity index (χ1) is 6.88. The molecule has 1 heterocycles. The summed E-state index contributed by atoms with van der Waals surface area (Å²) in [5.74, 6) is 0.900. The maximum Gasteiger partial charge on any atom is 0.0465 e. The molecule has 0 aromatic heterocycles. The first-order valence-electron chi connectivity index (χ1n) is 5.01. The minimum atomic E-state index is 0.687. The van der Waals surface area contributed by atoms with Crippen molar-refractivity contribution in [3.8, 4) is 0 Å². The van der Waals surface area contributed by atoms with E-state index in [2.05, 4.69) is 49.8 Å². The molecule has 0 saturated carbocycles. The second-order valence-electron chi connectivity index (χ2n) is 4.19. The Morgan fingerprint density at radius 2 is 2.21 bits per heavy atom. The summed E-state index contributed by atoms with van der Waals surface area (Å²) in [6.45, 7) is 1.27. The molecule has 1 nitrogen and oxygen atoms in total. The molecule has 74 valence electrons. The van der Waals surface area contributed by atoms with Gasteiger partial charge in [0.05, 0.1) is 0 Å². The van der Waals surface area contributed by atoms with Gasteiger partial charge >= 0.3 is 0 Å². The molecule has 0 N–H and O–H groups in total. The largest absolute Gasteiger partial charge is 0.234 e. The van der Waals surface area contributed by atoms with Crippen LogP contribution in [0.3, 0.4) is 0 Å². The van der Waals surface area contributed by atoms with Gasteiger partial charge in [-0.15, -0.1) is 0 Å². The zero-order chi connectivity index (χ0) is 9.54. The van der Waals surface area contributed by atoms with Crippen LogP contribution in [-0.2, 0) is 6.42 Å². The van der Waals surface area contributed by atoms with Gasteiger partial charge in [-0.05, 0) is 39.0 Å². The van der Waals surface area contributed by atoms with Crippen LogP contribution in [0.1, 0.15) is 23.6 Å². The number of fused-ring (bicyclic) bond motifs is 4. The molecule has 3 rings (SSSR count). The molecule has 1 aliphatic heterocycles. The third-order valence-electron chi connectivity index (χ3n) is 3.35. The molecule has 1 aliphatic carbocycles. The molecule has 1 fully saturated rings. The third-order valence-corrected chi connectivity index (χ3v) is 5.45. The van der Waals surface area contributed by atoms with Crippen LogP contribution in [0.2, 0.25) is 0 Å². The summed E-state index contributed by atoms with van der Waals surface area (Å²) in [6, 6.07) is 9.64. The van der Waals surface area contributed by atoms with Crippen LogP contribution >= 0.6 is 30.3 Å². The van der Waals surface area contributed by atoms with Gasteiger partial charge in [0.15, 0.2) is 0 Å². The smallest absolute Gasteiger partial charge is 0.0465 e. The van der Waals surface area contributed by atoms with Gasteiger partial charge < -0.3 is 0 Å². The topological polar surface area (TPSA) is 3.24 Å². The second kappa shape index (κ2) is 3.68. The van der Waals surface area contributed by atoms with Crippen molar-refractivity contribution in [3.63, 3.8) is 0 Å². The van der Waals surface area contributed by atoms with Crippen LogP contribution in [0.5, 0.6) is 0 Å². The summed E-state index contributed by atoms with van der Waals surface area (Å²) >= 11 is 2.41. The van der Waals surface area contributed by atoms with Crippen LogP contribution in [0.15, 0.2) is 24.3 Å². The van der Waals surface area contributed by atoms with Crippen molar-refractivity contribution in [1.82, 2.24) is 4.31 Å². The monoisotopic (exact) mass is 317 g/mol. The maximum atomic E-state index is 2.54. The van der Waals surface area contributed by atoms with E-state index in [-0.39, 0.29) is 0 Å². The molecule has 1 saturated heterocycles. The summed E-state index contributed by atoms with van der Waals surface area (Å²) in [4.78, 5) is 0. The van der Waals surface area contributed by atoms with Crippen LogP contribution in [0.25, 0.3) is 0 Å². The van der Waals surface area contributed by atoms with Crippen molar-refractivity contribution in [2.75, 3.05) is 6.54 Å². The lowest BCUT2D eigenvalue weighted by molar-refractivity contribution is 0.456. The molecular formula is C11H12INS. The lowest BCUT2D eigenvalue weighted by Gasteiger charge is -2.24. The third kappa shape index (κ3) is 1.41. The number of hydrogen-bond donors (Lipinski definition) is 0. The van der Waals surface area contributed by atoms with E-state index in [0.29, 0.717) is 6.04 Å².